The van der Waals surface area contributed by atoms with E-state index in [0.717, 1.165) is 28.2 Å². The van der Waals surface area contributed by atoms with Crippen molar-refractivity contribution in [3.63, 3.8) is 0 Å². The van der Waals surface area contributed by atoms with Crippen LogP contribution in [0.3, 0.4) is 0 Å². The van der Waals surface area contributed by atoms with E-state index in [-0.39, 0.29) is 17.9 Å². The average Bonchev–Trinajstić information content (AvgIpc) is 2.76. The number of aryl methyl sites for hydroxylation is 2. The van der Waals surface area contributed by atoms with Crippen molar-refractivity contribution in [1.82, 2.24) is 10.2 Å². The normalized spacial score (nSPS) is 13.5. The molecule has 0 aliphatic carbocycles. The second-order valence-corrected chi connectivity index (χ2v) is 8.58. The van der Waals surface area contributed by atoms with Gasteiger partial charge in [0.05, 0.1) is 0 Å². The van der Waals surface area contributed by atoms with Gasteiger partial charge in [-0.25, -0.2) is 0 Å². The standard InChI is InChI=1S/C26H34N2O4/c1-5-22(26(30)27-18(2)3)28(17-21-8-6-7-19(4)15-21)25(29)12-10-20-9-11-23-24(16-20)32-14-13-31-23/h6-9,11,15-16,18,22H,5,10,12-14,17H2,1-4H3,(H,27,30)/t22-/m1/s1. The first kappa shape index (κ1) is 23.6. The number of amides is 2. The number of ether oxygens (including phenoxy) is 2. The summed E-state index contributed by atoms with van der Waals surface area (Å²) in [5.41, 5.74) is 3.16. The topological polar surface area (TPSA) is 67.9 Å². The lowest BCUT2D eigenvalue weighted by Crippen LogP contribution is -2.50. The van der Waals surface area contributed by atoms with Crippen LogP contribution in [0.15, 0.2) is 42.5 Å². The number of carbonyl (C=O) groups excluding carboxylic acids is 2. The van der Waals surface area contributed by atoms with Crippen molar-refractivity contribution in [2.45, 2.75) is 65.6 Å². The lowest BCUT2D eigenvalue weighted by Gasteiger charge is -2.31. The summed E-state index contributed by atoms with van der Waals surface area (Å²) < 4.78 is 11.2. The number of fused-ring (bicyclic) bond motifs is 1. The molecule has 2 amide bonds. The largest absolute Gasteiger partial charge is 0.486 e. The Morgan fingerprint density at radius 3 is 2.47 bits per heavy atom. The highest BCUT2D eigenvalue weighted by molar-refractivity contribution is 5.87. The third kappa shape index (κ3) is 6.25. The first-order valence-corrected chi connectivity index (χ1v) is 11.4. The highest BCUT2D eigenvalue weighted by Gasteiger charge is 2.28. The molecule has 0 bridgehead atoms. The van der Waals surface area contributed by atoms with Gasteiger partial charge in [-0.15, -0.1) is 0 Å². The molecule has 1 heterocycles. The van der Waals surface area contributed by atoms with Crippen molar-refractivity contribution < 1.29 is 19.1 Å². The monoisotopic (exact) mass is 438 g/mol. The molecular formula is C26H34N2O4. The molecule has 1 N–H and O–H groups in total. The van der Waals surface area contributed by atoms with Gasteiger partial charge >= 0.3 is 0 Å². The molecule has 0 unspecified atom stereocenters. The predicted octanol–water partition coefficient (Wildman–Crippen LogP) is 4.03. The molecule has 0 radical (unpaired) electrons. The third-order valence-electron chi connectivity index (χ3n) is 5.49. The van der Waals surface area contributed by atoms with Crippen molar-refractivity contribution in [2.24, 2.45) is 0 Å². The minimum absolute atomic E-state index is 0.0187. The van der Waals surface area contributed by atoms with Gasteiger partial charge in [0.1, 0.15) is 19.3 Å². The average molecular weight is 439 g/mol. The number of hydrogen-bond acceptors (Lipinski definition) is 4. The minimum atomic E-state index is -0.509. The van der Waals surface area contributed by atoms with Crippen LogP contribution in [0.1, 0.15) is 50.3 Å². The fourth-order valence-corrected chi connectivity index (χ4v) is 3.95. The Balaban J connectivity index is 1.76. The van der Waals surface area contributed by atoms with Gasteiger partial charge in [-0.2, -0.15) is 0 Å². The Morgan fingerprint density at radius 1 is 1.03 bits per heavy atom. The van der Waals surface area contributed by atoms with E-state index in [1.165, 1.54) is 0 Å². The van der Waals surface area contributed by atoms with Gasteiger partial charge in [0, 0.05) is 19.0 Å². The number of carbonyl (C=O) groups is 2. The van der Waals surface area contributed by atoms with E-state index in [0.29, 0.717) is 39.0 Å². The van der Waals surface area contributed by atoms with Crippen LogP contribution in [0.4, 0.5) is 0 Å². The summed E-state index contributed by atoms with van der Waals surface area (Å²) in [6, 6.07) is 13.4. The maximum Gasteiger partial charge on any atom is 0.243 e. The number of nitrogens with one attached hydrogen (secondary N) is 1. The van der Waals surface area contributed by atoms with Gasteiger partial charge in [-0.05, 0) is 56.9 Å². The number of hydrogen-bond donors (Lipinski definition) is 1. The van der Waals surface area contributed by atoms with Gasteiger partial charge < -0.3 is 19.7 Å². The lowest BCUT2D eigenvalue weighted by atomic mass is 10.0. The van der Waals surface area contributed by atoms with Crippen LogP contribution in [0.5, 0.6) is 11.5 Å². The van der Waals surface area contributed by atoms with Crippen molar-refractivity contribution in [1.29, 1.82) is 0 Å². The maximum atomic E-state index is 13.4. The zero-order valence-corrected chi connectivity index (χ0v) is 19.5. The number of rotatable bonds is 9. The molecule has 6 heteroatoms. The molecule has 0 spiro atoms. The molecule has 2 aromatic rings. The summed E-state index contributed by atoms with van der Waals surface area (Å²) in [4.78, 5) is 28.0. The molecule has 0 aromatic heterocycles. The molecule has 0 saturated carbocycles. The van der Waals surface area contributed by atoms with Crippen LogP contribution in [0.25, 0.3) is 0 Å². The van der Waals surface area contributed by atoms with Crippen molar-refractivity contribution in [3.8, 4) is 11.5 Å². The summed E-state index contributed by atoms with van der Waals surface area (Å²) in [7, 11) is 0. The zero-order chi connectivity index (χ0) is 23.1. The summed E-state index contributed by atoms with van der Waals surface area (Å²) in [6.45, 7) is 9.32. The van der Waals surface area contributed by atoms with Crippen LogP contribution >= 0.6 is 0 Å². The SMILES string of the molecule is CC[C@H](C(=O)NC(C)C)N(Cc1cccc(C)c1)C(=O)CCc1ccc2c(c1)OCCO2. The number of benzene rings is 2. The summed E-state index contributed by atoms with van der Waals surface area (Å²) in [5, 5.41) is 2.97. The lowest BCUT2D eigenvalue weighted by molar-refractivity contribution is -0.141. The van der Waals surface area contributed by atoms with Crippen molar-refractivity contribution in [3.05, 3.63) is 59.2 Å². The molecule has 1 aliphatic rings. The molecule has 6 nitrogen and oxygen atoms in total. The van der Waals surface area contributed by atoms with Gasteiger partial charge in [0.15, 0.2) is 11.5 Å². The predicted molar refractivity (Wildman–Crippen MR) is 125 cm³/mol. The Hall–Kier alpha value is -3.02. The smallest absolute Gasteiger partial charge is 0.243 e. The van der Waals surface area contributed by atoms with Gasteiger partial charge in [0.2, 0.25) is 11.8 Å². The van der Waals surface area contributed by atoms with Crippen LogP contribution in [-0.2, 0) is 22.6 Å². The van der Waals surface area contributed by atoms with E-state index < -0.39 is 6.04 Å². The van der Waals surface area contributed by atoms with E-state index in [1.54, 1.807) is 4.90 Å². The molecule has 3 rings (SSSR count). The third-order valence-corrected chi connectivity index (χ3v) is 5.49. The van der Waals surface area contributed by atoms with Crippen LogP contribution in [0.2, 0.25) is 0 Å². The zero-order valence-electron chi connectivity index (χ0n) is 19.5. The van der Waals surface area contributed by atoms with Crippen LogP contribution in [0, 0.1) is 6.92 Å². The van der Waals surface area contributed by atoms with Gasteiger partial charge in [-0.3, -0.25) is 9.59 Å². The Kier molecular flexibility index (Phi) is 8.14. The highest BCUT2D eigenvalue weighted by atomic mass is 16.6. The van der Waals surface area contributed by atoms with Gasteiger partial charge in [0.25, 0.3) is 0 Å². The minimum Gasteiger partial charge on any atom is -0.486 e. The van der Waals surface area contributed by atoms with Crippen molar-refractivity contribution >= 4 is 11.8 Å². The summed E-state index contributed by atoms with van der Waals surface area (Å²) >= 11 is 0. The van der Waals surface area contributed by atoms with Gasteiger partial charge in [-0.1, -0.05) is 42.8 Å². The fraction of sp³-hybridized carbons (Fsp3) is 0.462. The second-order valence-electron chi connectivity index (χ2n) is 8.58. The van der Waals surface area contributed by atoms with E-state index in [9.17, 15) is 9.59 Å². The summed E-state index contributed by atoms with van der Waals surface area (Å²) in [6.07, 6.45) is 1.44. The molecule has 32 heavy (non-hydrogen) atoms. The molecule has 1 atom stereocenters. The first-order valence-electron chi connectivity index (χ1n) is 11.4. The molecular weight excluding hydrogens is 404 g/mol. The highest BCUT2D eigenvalue weighted by Crippen LogP contribution is 2.31. The van der Waals surface area contributed by atoms with Crippen molar-refractivity contribution in [2.75, 3.05) is 13.2 Å². The molecule has 0 fully saturated rings. The Labute approximate surface area is 190 Å². The summed E-state index contributed by atoms with van der Waals surface area (Å²) in [5.74, 6) is 1.32. The molecule has 0 saturated heterocycles. The Bertz CT molecular complexity index is 941. The van der Waals surface area contributed by atoms with E-state index >= 15 is 0 Å². The molecule has 1 aliphatic heterocycles. The Morgan fingerprint density at radius 2 is 1.78 bits per heavy atom. The van der Waals surface area contributed by atoms with Crippen LogP contribution in [-0.4, -0.2) is 42.0 Å². The first-order chi connectivity index (χ1) is 15.4. The van der Waals surface area contributed by atoms with E-state index in [2.05, 4.69) is 11.4 Å². The second kappa shape index (κ2) is 11.0. The van der Waals surface area contributed by atoms with E-state index in [4.69, 9.17) is 9.47 Å². The van der Waals surface area contributed by atoms with Crippen LogP contribution < -0.4 is 14.8 Å². The molecule has 2 aromatic carbocycles. The number of nitrogens with zero attached hydrogens (tertiary/aromatic N) is 1. The maximum absolute atomic E-state index is 13.4. The fourth-order valence-electron chi connectivity index (χ4n) is 3.95. The molecule has 172 valence electrons. The van der Waals surface area contributed by atoms with E-state index in [1.807, 2.05) is 64.1 Å². The quantitative estimate of drug-likeness (QED) is 0.642.